The average Bonchev–Trinajstić information content (AvgIpc) is 2.51. The van der Waals surface area contributed by atoms with Crippen molar-refractivity contribution >= 4 is 11.4 Å². The summed E-state index contributed by atoms with van der Waals surface area (Å²) >= 11 is 0. The molecular formula is C14H20N2O. The van der Waals surface area contributed by atoms with Crippen molar-refractivity contribution in [1.82, 2.24) is 4.90 Å². The van der Waals surface area contributed by atoms with E-state index in [-0.39, 0.29) is 0 Å². The number of benzene rings is 1. The van der Waals surface area contributed by atoms with E-state index < -0.39 is 5.60 Å². The van der Waals surface area contributed by atoms with Gasteiger partial charge in [0, 0.05) is 30.0 Å². The summed E-state index contributed by atoms with van der Waals surface area (Å²) in [5, 5.41) is 9.75. The van der Waals surface area contributed by atoms with Crippen LogP contribution < -0.4 is 5.73 Å². The van der Waals surface area contributed by atoms with Crippen LogP contribution in [0, 0.1) is 0 Å². The molecule has 1 aliphatic rings. The van der Waals surface area contributed by atoms with Crippen LogP contribution in [-0.4, -0.2) is 22.2 Å². The zero-order valence-electron chi connectivity index (χ0n) is 10.5. The van der Waals surface area contributed by atoms with Crippen LogP contribution in [0.2, 0.25) is 0 Å². The molecule has 0 spiro atoms. The van der Waals surface area contributed by atoms with Crippen molar-refractivity contribution in [2.24, 2.45) is 0 Å². The third-order valence-corrected chi connectivity index (χ3v) is 3.18. The molecule has 0 saturated carbocycles. The molecule has 0 aromatic heterocycles. The van der Waals surface area contributed by atoms with E-state index in [2.05, 4.69) is 11.5 Å². The Morgan fingerprint density at radius 2 is 2.18 bits per heavy atom. The number of aliphatic hydroxyl groups is 1. The van der Waals surface area contributed by atoms with Crippen LogP contribution in [0.1, 0.15) is 31.4 Å². The first-order chi connectivity index (χ1) is 7.87. The van der Waals surface area contributed by atoms with E-state index in [4.69, 9.17) is 5.73 Å². The molecule has 1 aliphatic heterocycles. The Labute approximate surface area is 103 Å². The lowest BCUT2D eigenvalue weighted by atomic mass is 10.1. The molecule has 0 atom stereocenters. The minimum atomic E-state index is -0.631. The maximum absolute atomic E-state index is 9.75. The summed E-state index contributed by atoms with van der Waals surface area (Å²) in [4.78, 5) is 2.20. The maximum Gasteiger partial charge on any atom is 0.0608 e. The Bertz CT molecular complexity index is 446. The van der Waals surface area contributed by atoms with Gasteiger partial charge >= 0.3 is 0 Å². The van der Waals surface area contributed by atoms with E-state index >= 15 is 0 Å². The summed E-state index contributed by atoms with van der Waals surface area (Å²) in [5.74, 6) is 0. The molecule has 0 unspecified atom stereocenters. The lowest BCUT2D eigenvalue weighted by Crippen LogP contribution is -2.27. The zero-order valence-corrected chi connectivity index (χ0v) is 10.5. The minimum absolute atomic E-state index is 0.631. The molecule has 17 heavy (non-hydrogen) atoms. The van der Waals surface area contributed by atoms with Crippen LogP contribution in [0.4, 0.5) is 5.69 Å². The third kappa shape index (κ3) is 2.61. The highest BCUT2D eigenvalue weighted by Gasteiger charge is 2.23. The van der Waals surface area contributed by atoms with E-state index in [1.807, 2.05) is 32.0 Å². The van der Waals surface area contributed by atoms with E-state index in [1.165, 1.54) is 11.1 Å². The number of nitrogen functional groups attached to an aromatic ring is 1. The van der Waals surface area contributed by atoms with E-state index in [0.29, 0.717) is 0 Å². The van der Waals surface area contributed by atoms with Crippen molar-refractivity contribution in [3.63, 3.8) is 0 Å². The molecule has 0 aliphatic carbocycles. The Kier molecular flexibility index (Phi) is 2.87. The van der Waals surface area contributed by atoms with E-state index in [9.17, 15) is 5.11 Å². The second kappa shape index (κ2) is 4.08. The molecule has 3 heteroatoms. The van der Waals surface area contributed by atoms with Gasteiger partial charge in [-0.3, -0.25) is 0 Å². The molecular weight excluding hydrogens is 212 g/mol. The van der Waals surface area contributed by atoms with Gasteiger partial charge in [0.1, 0.15) is 0 Å². The average molecular weight is 232 g/mol. The molecule has 1 aromatic carbocycles. The molecule has 92 valence electrons. The molecule has 0 fully saturated rings. The van der Waals surface area contributed by atoms with Crippen LogP contribution in [0.3, 0.4) is 0 Å². The summed E-state index contributed by atoms with van der Waals surface area (Å²) in [5.41, 5.74) is 9.37. The van der Waals surface area contributed by atoms with E-state index in [0.717, 1.165) is 30.9 Å². The molecule has 0 radical (unpaired) electrons. The summed E-state index contributed by atoms with van der Waals surface area (Å²) < 4.78 is 0. The van der Waals surface area contributed by atoms with Crippen molar-refractivity contribution < 1.29 is 5.11 Å². The number of hydrogen-bond donors (Lipinski definition) is 2. The van der Waals surface area contributed by atoms with Gasteiger partial charge in [0.05, 0.1) is 5.60 Å². The van der Waals surface area contributed by atoms with Gasteiger partial charge in [-0.1, -0.05) is 12.6 Å². The standard InChI is InChI=1S/C14H20N2O/c1-10-13-5-4-12(15)8-11(13)9-16(10)7-6-14(2,3)17/h4-5,8,17H,1,6-7,9,15H2,2-3H3. The Morgan fingerprint density at radius 3 is 2.82 bits per heavy atom. The monoisotopic (exact) mass is 232 g/mol. The van der Waals surface area contributed by atoms with Crippen molar-refractivity contribution in [1.29, 1.82) is 0 Å². The lowest BCUT2D eigenvalue weighted by molar-refractivity contribution is 0.0637. The SMILES string of the molecule is C=C1c2ccc(N)cc2CN1CCC(C)(C)O. The van der Waals surface area contributed by atoms with Gasteiger partial charge in [0.15, 0.2) is 0 Å². The van der Waals surface area contributed by atoms with Crippen LogP contribution >= 0.6 is 0 Å². The zero-order chi connectivity index (χ0) is 12.6. The van der Waals surface area contributed by atoms with Gasteiger partial charge in [-0.25, -0.2) is 0 Å². The maximum atomic E-state index is 9.75. The van der Waals surface area contributed by atoms with Crippen molar-refractivity contribution in [2.45, 2.75) is 32.4 Å². The largest absolute Gasteiger partial charge is 0.399 e. The summed E-state index contributed by atoms with van der Waals surface area (Å²) in [6.07, 6.45) is 0.732. The Morgan fingerprint density at radius 1 is 1.47 bits per heavy atom. The predicted molar refractivity (Wildman–Crippen MR) is 71.2 cm³/mol. The number of hydrogen-bond acceptors (Lipinski definition) is 3. The molecule has 3 nitrogen and oxygen atoms in total. The molecule has 0 amide bonds. The number of anilines is 1. The van der Waals surface area contributed by atoms with E-state index in [1.54, 1.807) is 0 Å². The Hall–Kier alpha value is -1.48. The summed E-state index contributed by atoms with van der Waals surface area (Å²) in [7, 11) is 0. The van der Waals surface area contributed by atoms with Gasteiger partial charge in [0.2, 0.25) is 0 Å². The van der Waals surface area contributed by atoms with Gasteiger partial charge in [-0.15, -0.1) is 0 Å². The fourth-order valence-corrected chi connectivity index (χ4v) is 2.12. The summed E-state index contributed by atoms with van der Waals surface area (Å²) in [6, 6.07) is 5.94. The van der Waals surface area contributed by atoms with Crippen molar-refractivity contribution in [2.75, 3.05) is 12.3 Å². The number of fused-ring (bicyclic) bond motifs is 1. The number of nitrogens with two attached hydrogens (primary N) is 1. The van der Waals surface area contributed by atoms with Crippen molar-refractivity contribution in [3.05, 3.63) is 35.9 Å². The fraction of sp³-hybridized carbons (Fsp3) is 0.429. The number of rotatable bonds is 3. The minimum Gasteiger partial charge on any atom is -0.399 e. The third-order valence-electron chi connectivity index (χ3n) is 3.18. The van der Waals surface area contributed by atoms with Crippen LogP contribution in [-0.2, 0) is 6.54 Å². The molecule has 0 bridgehead atoms. The lowest BCUT2D eigenvalue weighted by Gasteiger charge is -2.24. The predicted octanol–water partition coefficient (Wildman–Crippen LogP) is 2.22. The molecule has 0 saturated heterocycles. The normalized spacial score (nSPS) is 15.2. The topological polar surface area (TPSA) is 49.5 Å². The van der Waals surface area contributed by atoms with Gasteiger partial charge in [-0.2, -0.15) is 0 Å². The van der Waals surface area contributed by atoms with Crippen molar-refractivity contribution in [3.8, 4) is 0 Å². The van der Waals surface area contributed by atoms with Gasteiger partial charge in [0.25, 0.3) is 0 Å². The fourth-order valence-electron chi connectivity index (χ4n) is 2.12. The highest BCUT2D eigenvalue weighted by Crippen LogP contribution is 2.33. The Balaban J connectivity index is 2.09. The van der Waals surface area contributed by atoms with Crippen LogP contribution in [0.5, 0.6) is 0 Å². The molecule has 1 aromatic rings. The number of nitrogens with zero attached hydrogens (tertiary/aromatic N) is 1. The van der Waals surface area contributed by atoms with Gasteiger partial charge in [-0.05, 0) is 38.0 Å². The molecule has 1 heterocycles. The smallest absolute Gasteiger partial charge is 0.0608 e. The highest BCUT2D eigenvalue weighted by molar-refractivity contribution is 5.70. The second-order valence-electron chi connectivity index (χ2n) is 5.35. The summed E-state index contributed by atoms with van der Waals surface area (Å²) in [6.45, 7) is 9.43. The first kappa shape index (κ1) is 12.0. The second-order valence-corrected chi connectivity index (χ2v) is 5.35. The molecule has 3 N–H and O–H groups in total. The first-order valence-corrected chi connectivity index (χ1v) is 5.92. The quantitative estimate of drug-likeness (QED) is 0.786. The highest BCUT2D eigenvalue weighted by atomic mass is 16.3. The first-order valence-electron chi connectivity index (χ1n) is 5.92. The van der Waals surface area contributed by atoms with Crippen LogP contribution in [0.15, 0.2) is 24.8 Å². The van der Waals surface area contributed by atoms with Crippen LogP contribution in [0.25, 0.3) is 5.70 Å². The van der Waals surface area contributed by atoms with Gasteiger partial charge < -0.3 is 15.7 Å². The molecule has 2 rings (SSSR count).